The van der Waals surface area contributed by atoms with Crippen molar-refractivity contribution < 1.29 is 29.0 Å². The van der Waals surface area contributed by atoms with Gasteiger partial charge in [-0.05, 0) is 62.7 Å². The van der Waals surface area contributed by atoms with E-state index in [1.807, 2.05) is 0 Å². The number of benzene rings is 2. The molecule has 27 heavy (non-hydrogen) atoms. The number of amides is 1. The zero-order chi connectivity index (χ0) is 20.0. The third-order valence-electron chi connectivity index (χ3n) is 3.37. The number of carboxylic acids is 1. The maximum Gasteiger partial charge on any atom is 0.408 e. The second-order valence-corrected chi connectivity index (χ2v) is 6.78. The van der Waals surface area contributed by atoms with Crippen LogP contribution in [-0.4, -0.2) is 29.1 Å². The maximum absolute atomic E-state index is 11.9. The van der Waals surface area contributed by atoms with E-state index in [0.717, 1.165) is 6.29 Å². The number of carbonyl (C=O) groups is 3. The normalized spacial score (nSPS) is 12.0. The molecule has 1 unspecified atom stereocenters. The second kappa shape index (κ2) is 8.35. The van der Waals surface area contributed by atoms with Gasteiger partial charge in [0.15, 0.2) is 6.04 Å². The molecule has 0 aliphatic heterocycles. The number of alkyl carbamates (subject to hydrolysis) is 1. The van der Waals surface area contributed by atoms with E-state index in [1.165, 1.54) is 0 Å². The van der Waals surface area contributed by atoms with Crippen LogP contribution in [0.4, 0.5) is 4.79 Å². The van der Waals surface area contributed by atoms with Crippen LogP contribution in [0.5, 0.6) is 11.5 Å². The van der Waals surface area contributed by atoms with Crippen molar-refractivity contribution in [1.82, 2.24) is 5.32 Å². The third kappa shape index (κ3) is 6.14. The van der Waals surface area contributed by atoms with Crippen molar-refractivity contribution >= 4 is 18.3 Å². The lowest BCUT2D eigenvalue weighted by molar-refractivity contribution is -0.139. The van der Waals surface area contributed by atoms with Gasteiger partial charge in [-0.3, -0.25) is 4.79 Å². The summed E-state index contributed by atoms with van der Waals surface area (Å²) in [6.07, 6.45) is -0.0760. The highest BCUT2D eigenvalue weighted by Gasteiger charge is 2.25. The van der Waals surface area contributed by atoms with Crippen LogP contribution in [-0.2, 0) is 9.53 Å². The highest BCUT2D eigenvalue weighted by atomic mass is 16.6. The standard InChI is InChI=1S/C20H21NO6/c1-20(2,3)27-19(25)21-17(18(23)24)14-6-10-16(11-7-14)26-15-8-4-13(12-22)5-9-15/h4-12,17H,1-3H3,(H,21,25)(H,23,24). The lowest BCUT2D eigenvalue weighted by Crippen LogP contribution is -2.38. The van der Waals surface area contributed by atoms with Crippen LogP contribution in [0.3, 0.4) is 0 Å². The number of aliphatic carboxylic acids is 1. The first-order chi connectivity index (χ1) is 12.7. The van der Waals surface area contributed by atoms with Crippen molar-refractivity contribution in [1.29, 1.82) is 0 Å². The smallest absolute Gasteiger partial charge is 0.408 e. The monoisotopic (exact) mass is 371 g/mol. The molecule has 2 N–H and O–H groups in total. The molecule has 0 heterocycles. The summed E-state index contributed by atoms with van der Waals surface area (Å²) in [5.41, 5.74) is 0.178. The Kier molecular flexibility index (Phi) is 6.18. The molecule has 0 saturated carbocycles. The Morgan fingerprint density at radius 2 is 1.52 bits per heavy atom. The molecule has 0 bridgehead atoms. The summed E-state index contributed by atoms with van der Waals surface area (Å²) in [6, 6.07) is 11.6. The molecule has 0 saturated heterocycles. The molecule has 7 nitrogen and oxygen atoms in total. The van der Waals surface area contributed by atoms with Gasteiger partial charge in [-0.25, -0.2) is 9.59 Å². The predicted octanol–water partition coefficient (Wildman–Crippen LogP) is 3.94. The molecular formula is C20H21NO6. The molecule has 0 aliphatic rings. The Morgan fingerprint density at radius 3 is 1.96 bits per heavy atom. The summed E-state index contributed by atoms with van der Waals surface area (Å²) in [6.45, 7) is 5.07. The molecular weight excluding hydrogens is 350 g/mol. The van der Waals surface area contributed by atoms with Crippen LogP contribution >= 0.6 is 0 Å². The first-order valence-corrected chi connectivity index (χ1v) is 8.23. The molecule has 1 atom stereocenters. The van der Waals surface area contributed by atoms with E-state index in [0.29, 0.717) is 22.6 Å². The van der Waals surface area contributed by atoms with E-state index in [4.69, 9.17) is 9.47 Å². The zero-order valence-electron chi connectivity index (χ0n) is 15.3. The first-order valence-electron chi connectivity index (χ1n) is 8.23. The van der Waals surface area contributed by atoms with Crippen molar-refractivity contribution in [3.05, 3.63) is 59.7 Å². The van der Waals surface area contributed by atoms with Gasteiger partial charge in [0.05, 0.1) is 0 Å². The van der Waals surface area contributed by atoms with E-state index in [2.05, 4.69) is 5.32 Å². The lowest BCUT2D eigenvalue weighted by Gasteiger charge is -2.22. The molecule has 1 amide bonds. The van der Waals surface area contributed by atoms with Gasteiger partial charge >= 0.3 is 12.1 Å². The highest BCUT2D eigenvalue weighted by Crippen LogP contribution is 2.24. The minimum absolute atomic E-state index is 0.372. The minimum atomic E-state index is -1.25. The van der Waals surface area contributed by atoms with Crippen LogP contribution in [0, 0.1) is 0 Å². The third-order valence-corrected chi connectivity index (χ3v) is 3.37. The van der Waals surface area contributed by atoms with Crippen molar-refractivity contribution in [3.63, 3.8) is 0 Å². The number of aldehydes is 1. The number of ether oxygens (including phenoxy) is 2. The molecule has 2 aromatic carbocycles. The van der Waals surface area contributed by atoms with Crippen molar-refractivity contribution in [3.8, 4) is 11.5 Å². The summed E-state index contributed by atoms with van der Waals surface area (Å²) >= 11 is 0. The Morgan fingerprint density at radius 1 is 1.00 bits per heavy atom. The molecule has 142 valence electrons. The number of nitrogens with one attached hydrogen (secondary N) is 1. The Labute approximate surface area is 156 Å². The van der Waals surface area contributed by atoms with Gasteiger partial charge in [0.2, 0.25) is 0 Å². The molecule has 0 radical (unpaired) electrons. The highest BCUT2D eigenvalue weighted by molar-refractivity contribution is 5.81. The van der Waals surface area contributed by atoms with Gasteiger partial charge in [-0.1, -0.05) is 12.1 Å². The topological polar surface area (TPSA) is 102 Å². The molecule has 7 heteroatoms. The summed E-state index contributed by atoms with van der Waals surface area (Å²) in [5.74, 6) is -0.187. The van der Waals surface area contributed by atoms with Gasteiger partial charge < -0.3 is 19.9 Å². The van der Waals surface area contributed by atoms with E-state index in [9.17, 15) is 19.5 Å². The molecule has 0 aliphatic carbocycles. The summed E-state index contributed by atoms with van der Waals surface area (Å²) in [5, 5.41) is 11.7. The zero-order valence-corrected chi connectivity index (χ0v) is 15.3. The van der Waals surface area contributed by atoms with E-state index < -0.39 is 23.7 Å². The Bertz CT molecular complexity index is 806. The van der Waals surface area contributed by atoms with Crippen LogP contribution in [0.1, 0.15) is 42.7 Å². The number of rotatable bonds is 6. The molecule has 0 spiro atoms. The number of hydrogen-bond donors (Lipinski definition) is 2. The average Bonchev–Trinajstić information content (AvgIpc) is 2.59. The van der Waals surface area contributed by atoms with E-state index in [1.54, 1.807) is 69.3 Å². The largest absolute Gasteiger partial charge is 0.479 e. The van der Waals surface area contributed by atoms with Gasteiger partial charge in [0.1, 0.15) is 23.4 Å². The summed E-state index contributed by atoms with van der Waals surface area (Å²) in [7, 11) is 0. The molecule has 2 aromatic rings. The molecule has 2 rings (SSSR count). The van der Waals surface area contributed by atoms with Crippen LogP contribution < -0.4 is 10.1 Å². The minimum Gasteiger partial charge on any atom is -0.479 e. The van der Waals surface area contributed by atoms with Gasteiger partial charge in [-0.15, -0.1) is 0 Å². The quantitative estimate of drug-likeness (QED) is 0.746. The molecule has 0 aromatic heterocycles. The van der Waals surface area contributed by atoms with Crippen molar-refractivity contribution in [2.75, 3.05) is 0 Å². The molecule has 0 fully saturated rings. The lowest BCUT2D eigenvalue weighted by atomic mass is 10.1. The van der Waals surface area contributed by atoms with E-state index in [-0.39, 0.29) is 0 Å². The van der Waals surface area contributed by atoms with Crippen LogP contribution in [0.15, 0.2) is 48.5 Å². The summed E-state index contributed by atoms with van der Waals surface area (Å²) < 4.78 is 10.7. The van der Waals surface area contributed by atoms with Crippen LogP contribution in [0.25, 0.3) is 0 Å². The van der Waals surface area contributed by atoms with Crippen molar-refractivity contribution in [2.24, 2.45) is 0 Å². The fourth-order valence-electron chi connectivity index (χ4n) is 2.19. The first kappa shape index (κ1) is 20.0. The fourth-order valence-corrected chi connectivity index (χ4v) is 2.19. The number of carboxylic acid groups (broad SMARTS) is 1. The second-order valence-electron chi connectivity index (χ2n) is 6.78. The predicted molar refractivity (Wildman–Crippen MR) is 98.1 cm³/mol. The SMILES string of the molecule is CC(C)(C)OC(=O)NC(C(=O)O)c1ccc(Oc2ccc(C=O)cc2)cc1. The summed E-state index contributed by atoms with van der Waals surface area (Å²) in [4.78, 5) is 34.0. The average molecular weight is 371 g/mol. The van der Waals surface area contributed by atoms with Crippen LogP contribution in [0.2, 0.25) is 0 Å². The number of hydrogen-bond acceptors (Lipinski definition) is 5. The Balaban J connectivity index is 2.08. The Hall–Kier alpha value is -3.35. The van der Waals surface area contributed by atoms with E-state index >= 15 is 0 Å². The maximum atomic E-state index is 11.9. The number of carbonyl (C=O) groups excluding carboxylic acids is 2. The van der Waals surface area contributed by atoms with Gasteiger partial charge in [0, 0.05) is 5.56 Å². The van der Waals surface area contributed by atoms with Crippen molar-refractivity contribution in [2.45, 2.75) is 32.4 Å². The fraction of sp³-hybridized carbons (Fsp3) is 0.250. The van der Waals surface area contributed by atoms with Gasteiger partial charge in [0.25, 0.3) is 0 Å². The van der Waals surface area contributed by atoms with Gasteiger partial charge in [-0.2, -0.15) is 0 Å².